The zero-order valence-electron chi connectivity index (χ0n) is 13.6. The number of fused-ring (bicyclic) bond motifs is 1. The Morgan fingerprint density at radius 3 is 3.00 bits per heavy atom. The highest BCUT2D eigenvalue weighted by Gasteiger charge is 2.28. The summed E-state index contributed by atoms with van der Waals surface area (Å²) in [6, 6.07) is 1.15. The summed E-state index contributed by atoms with van der Waals surface area (Å²) >= 11 is 1.92. The second kappa shape index (κ2) is 6.63. The second-order valence-corrected chi connectivity index (χ2v) is 7.49. The van der Waals surface area contributed by atoms with Gasteiger partial charge in [-0.05, 0) is 52.2 Å². The molecule has 1 fully saturated rings. The molecule has 2 unspecified atom stereocenters. The molecule has 2 atom stereocenters. The lowest BCUT2D eigenvalue weighted by Gasteiger charge is -2.35. The van der Waals surface area contributed by atoms with Crippen LogP contribution in [0.3, 0.4) is 0 Å². The van der Waals surface area contributed by atoms with Crippen LogP contribution in [0.25, 0.3) is 0 Å². The van der Waals surface area contributed by atoms with Crippen molar-refractivity contribution in [2.45, 2.75) is 51.1 Å². The Hall–Kier alpha value is -0.650. The van der Waals surface area contributed by atoms with E-state index in [0.717, 1.165) is 19.5 Å². The smallest absolute Gasteiger partial charge is 0.185 e. The molecule has 1 aliphatic carbocycles. The van der Waals surface area contributed by atoms with Crippen molar-refractivity contribution >= 4 is 16.5 Å². The van der Waals surface area contributed by atoms with Gasteiger partial charge in [-0.25, -0.2) is 4.98 Å². The van der Waals surface area contributed by atoms with Gasteiger partial charge < -0.3 is 15.1 Å². The molecule has 118 valence electrons. The molecule has 21 heavy (non-hydrogen) atoms. The van der Waals surface area contributed by atoms with Crippen LogP contribution < -0.4 is 10.2 Å². The van der Waals surface area contributed by atoms with Gasteiger partial charge in [0.2, 0.25) is 0 Å². The van der Waals surface area contributed by atoms with Crippen LogP contribution >= 0.6 is 11.3 Å². The van der Waals surface area contributed by atoms with Crippen molar-refractivity contribution in [1.29, 1.82) is 0 Å². The van der Waals surface area contributed by atoms with E-state index in [4.69, 9.17) is 4.98 Å². The summed E-state index contributed by atoms with van der Waals surface area (Å²) in [5, 5.41) is 4.85. The standard InChI is InChI=1S/C16H28N4S/c1-4-17-13-8-5-9-14-15(13)21-16(18-14)20(3)12-7-6-10-19(2)11-12/h12-13,17H,4-11H2,1-3H3. The maximum absolute atomic E-state index is 4.97. The van der Waals surface area contributed by atoms with Gasteiger partial charge in [0, 0.05) is 30.6 Å². The average molecular weight is 308 g/mol. The Labute approximate surface area is 132 Å². The number of likely N-dealkylation sites (tertiary alicyclic amines) is 1. The number of nitrogens with zero attached hydrogens (tertiary/aromatic N) is 3. The maximum Gasteiger partial charge on any atom is 0.185 e. The summed E-state index contributed by atoms with van der Waals surface area (Å²) in [7, 11) is 4.46. The summed E-state index contributed by atoms with van der Waals surface area (Å²) < 4.78 is 0. The molecule has 0 aromatic carbocycles. The highest BCUT2D eigenvalue weighted by atomic mass is 32.1. The maximum atomic E-state index is 4.97. The molecule has 0 radical (unpaired) electrons. The number of hydrogen-bond acceptors (Lipinski definition) is 5. The topological polar surface area (TPSA) is 31.4 Å². The van der Waals surface area contributed by atoms with Crippen molar-refractivity contribution in [2.75, 3.05) is 38.6 Å². The second-order valence-electron chi connectivity index (χ2n) is 6.48. The summed E-state index contributed by atoms with van der Waals surface area (Å²) in [4.78, 5) is 11.3. The number of aryl methyl sites for hydroxylation is 1. The molecular formula is C16H28N4S. The lowest BCUT2D eigenvalue weighted by Crippen LogP contribution is -2.45. The highest BCUT2D eigenvalue weighted by molar-refractivity contribution is 7.15. The zero-order valence-corrected chi connectivity index (χ0v) is 14.4. The van der Waals surface area contributed by atoms with Crippen LogP contribution in [0.2, 0.25) is 0 Å². The van der Waals surface area contributed by atoms with Crippen molar-refractivity contribution in [2.24, 2.45) is 0 Å². The zero-order chi connectivity index (χ0) is 14.8. The third kappa shape index (κ3) is 3.25. The molecule has 2 heterocycles. The van der Waals surface area contributed by atoms with Gasteiger partial charge in [-0.2, -0.15) is 0 Å². The van der Waals surface area contributed by atoms with E-state index in [-0.39, 0.29) is 0 Å². The molecule has 0 spiro atoms. The Kier molecular flexibility index (Phi) is 4.82. The Balaban J connectivity index is 1.76. The van der Waals surface area contributed by atoms with Gasteiger partial charge in [0.05, 0.1) is 5.69 Å². The minimum absolute atomic E-state index is 0.535. The summed E-state index contributed by atoms with van der Waals surface area (Å²) in [6.07, 6.45) is 6.28. The first-order chi connectivity index (χ1) is 10.2. The first kappa shape index (κ1) is 15.3. The van der Waals surface area contributed by atoms with Gasteiger partial charge in [-0.15, -0.1) is 0 Å². The lowest BCUT2D eigenvalue weighted by molar-refractivity contribution is 0.248. The molecule has 5 heteroatoms. The minimum Gasteiger partial charge on any atom is -0.347 e. The van der Waals surface area contributed by atoms with Crippen LogP contribution in [0, 0.1) is 0 Å². The van der Waals surface area contributed by atoms with Gasteiger partial charge in [0.15, 0.2) is 5.13 Å². The Bertz CT molecular complexity index is 473. The molecule has 0 saturated carbocycles. The largest absolute Gasteiger partial charge is 0.347 e. The van der Waals surface area contributed by atoms with Crippen LogP contribution in [0.4, 0.5) is 5.13 Å². The number of anilines is 1. The number of hydrogen-bond donors (Lipinski definition) is 1. The number of piperidine rings is 1. The van der Waals surface area contributed by atoms with E-state index < -0.39 is 0 Å². The van der Waals surface area contributed by atoms with E-state index in [2.05, 4.69) is 36.1 Å². The molecule has 4 nitrogen and oxygen atoms in total. The summed E-state index contributed by atoms with van der Waals surface area (Å²) in [6.45, 7) is 5.64. The predicted octanol–water partition coefficient (Wildman–Crippen LogP) is 2.66. The highest BCUT2D eigenvalue weighted by Crippen LogP contribution is 2.38. The molecule has 1 saturated heterocycles. The fraction of sp³-hybridized carbons (Fsp3) is 0.812. The van der Waals surface area contributed by atoms with Crippen molar-refractivity contribution < 1.29 is 0 Å². The molecule has 1 N–H and O–H groups in total. The van der Waals surface area contributed by atoms with Gasteiger partial charge in [0.1, 0.15) is 0 Å². The normalized spacial score (nSPS) is 26.6. The third-order valence-electron chi connectivity index (χ3n) is 4.84. The molecule has 0 bridgehead atoms. The van der Waals surface area contributed by atoms with Crippen molar-refractivity contribution in [3.8, 4) is 0 Å². The van der Waals surface area contributed by atoms with Gasteiger partial charge in [-0.1, -0.05) is 18.3 Å². The number of aromatic nitrogens is 1. The van der Waals surface area contributed by atoms with Crippen molar-refractivity contribution in [3.05, 3.63) is 10.6 Å². The quantitative estimate of drug-likeness (QED) is 0.926. The fourth-order valence-corrected chi connectivity index (χ4v) is 4.86. The van der Waals surface area contributed by atoms with Crippen LogP contribution in [0.1, 0.15) is 49.2 Å². The van der Waals surface area contributed by atoms with Crippen LogP contribution in [-0.2, 0) is 6.42 Å². The summed E-state index contributed by atoms with van der Waals surface area (Å²) in [5.41, 5.74) is 1.35. The fourth-order valence-electron chi connectivity index (χ4n) is 3.61. The van der Waals surface area contributed by atoms with Crippen LogP contribution in [0.15, 0.2) is 0 Å². The summed E-state index contributed by atoms with van der Waals surface area (Å²) in [5.74, 6) is 0. The monoisotopic (exact) mass is 308 g/mol. The molecule has 1 aliphatic heterocycles. The van der Waals surface area contributed by atoms with E-state index >= 15 is 0 Å². The number of rotatable bonds is 4. The Morgan fingerprint density at radius 1 is 1.38 bits per heavy atom. The third-order valence-corrected chi connectivity index (χ3v) is 6.14. The average Bonchev–Trinajstić information content (AvgIpc) is 2.92. The SMILES string of the molecule is CCNC1CCCc2nc(N(C)C3CCCN(C)C3)sc21. The van der Waals surface area contributed by atoms with Gasteiger partial charge >= 0.3 is 0 Å². The number of nitrogens with one attached hydrogen (secondary N) is 1. The number of thiazole rings is 1. The van der Waals surface area contributed by atoms with E-state index in [9.17, 15) is 0 Å². The van der Waals surface area contributed by atoms with Crippen molar-refractivity contribution in [3.63, 3.8) is 0 Å². The van der Waals surface area contributed by atoms with Crippen LogP contribution in [-0.4, -0.2) is 49.7 Å². The van der Waals surface area contributed by atoms with E-state index in [1.807, 2.05) is 11.3 Å². The molecule has 0 amide bonds. The van der Waals surface area contributed by atoms with Gasteiger partial charge in [-0.3, -0.25) is 0 Å². The van der Waals surface area contributed by atoms with Crippen LogP contribution in [0.5, 0.6) is 0 Å². The molecule has 1 aromatic rings. The first-order valence-electron chi connectivity index (χ1n) is 8.33. The first-order valence-corrected chi connectivity index (χ1v) is 9.15. The number of likely N-dealkylation sites (N-methyl/N-ethyl adjacent to an activating group) is 2. The van der Waals surface area contributed by atoms with E-state index in [1.165, 1.54) is 47.9 Å². The minimum atomic E-state index is 0.535. The Morgan fingerprint density at radius 2 is 2.24 bits per heavy atom. The molecule has 1 aromatic heterocycles. The lowest BCUT2D eigenvalue weighted by atomic mass is 9.98. The molecular weight excluding hydrogens is 280 g/mol. The van der Waals surface area contributed by atoms with E-state index in [0.29, 0.717) is 12.1 Å². The van der Waals surface area contributed by atoms with Gasteiger partial charge in [0.25, 0.3) is 0 Å². The predicted molar refractivity (Wildman–Crippen MR) is 90.4 cm³/mol. The molecule has 2 aliphatic rings. The van der Waals surface area contributed by atoms with E-state index in [1.54, 1.807) is 0 Å². The molecule has 3 rings (SSSR count). The van der Waals surface area contributed by atoms with Crippen molar-refractivity contribution in [1.82, 2.24) is 15.2 Å².